The van der Waals surface area contributed by atoms with Gasteiger partial charge in [-0.15, -0.1) is 0 Å². The number of benzene rings is 1. The van der Waals surface area contributed by atoms with Crippen LogP contribution in [0.5, 0.6) is 0 Å². The Morgan fingerprint density at radius 3 is 3.11 bits per heavy atom. The molecule has 4 nitrogen and oxygen atoms in total. The number of halogens is 1. The molecular weight excluding hydrogens is 294 g/mol. The minimum Gasteiger partial charge on any atom is -0.315 e. The summed E-state index contributed by atoms with van der Waals surface area (Å²) < 4.78 is 2.68. The van der Waals surface area contributed by atoms with E-state index in [4.69, 9.17) is 0 Å². The zero-order chi connectivity index (χ0) is 12.5. The zero-order valence-corrected chi connectivity index (χ0v) is 11.5. The van der Waals surface area contributed by atoms with E-state index in [1.807, 2.05) is 18.2 Å². The molecule has 94 valence electrons. The zero-order valence-electron chi connectivity index (χ0n) is 9.90. The van der Waals surface area contributed by atoms with E-state index in [2.05, 4.69) is 26.2 Å². The molecule has 0 saturated carbocycles. The minimum atomic E-state index is 0.0509. The molecule has 5 heteroatoms. The van der Waals surface area contributed by atoms with Gasteiger partial charge in [-0.3, -0.25) is 9.36 Å². The van der Waals surface area contributed by atoms with E-state index in [-0.39, 0.29) is 11.6 Å². The first kappa shape index (κ1) is 11.9. The molecule has 1 aromatic heterocycles. The number of aromatic nitrogens is 2. The average molecular weight is 308 g/mol. The fourth-order valence-electron chi connectivity index (χ4n) is 2.44. The first-order chi connectivity index (χ1) is 8.75. The standard InChI is InChI=1S/C13H14BrN3O/c14-9-3-4-12-11(6-9)13(18)17(8-16-12)10-2-1-5-15-7-10/h3-4,6,8,10,15H,1-2,5,7H2. The number of fused-ring (bicyclic) bond motifs is 1. The largest absolute Gasteiger partial charge is 0.315 e. The highest BCUT2D eigenvalue weighted by Crippen LogP contribution is 2.18. The highest BCUT2D eigenvalue weighted by atomic mass is 79.9. The Bertz CT molecular complexity index is 632. The second-order valence-electron chi connectivity index (χ2n) is 4.62. The summed E-state index contributed by atoms with van der Waals surface area (Å²) in [4.78, 5) is 16.8. The first-order valence-electron chi connectivity index (χ1n) is 6.13. The molecule has 0 radical (unpaired) electrons. The van der Waals surface area contributed by atoms with Crippen LogP contribution in [0.1, 0.15) is 18.9 Å². The summed E-state index contributed by atoms with van der Waals surface area (Å²) in [6.07, 6.45) is 3.82. The highest BCUT2D eigenvalue weighted by molar-refractivity contribution is 9.10. The summed E-state index contributed by atoms with van der Waals surface area (Å²) >= 11 is 3.40. The van der Waals surface area contributed by atoms with E-state index in [1.54, 1.807) is 10.9 Å². The number of piperidine rings is 1. The fraction of sp³-hybridized carbons (Fsp3) is 0.385. The third-order valence-corrected chi connectivity index (χ3v) is 3.90. The van der Waals surface area contributed by atoms with Crippen LogP contribution in [0.4, 0.5) is 0 Å². The maximum absolute atomic E-state index is 12.5. The Labute approximate surface area is 113 Å². The van der Waals surface area contributed by atoms with Crippen molar-refractivity contribution in [1.29, 1.82) is 0 Å². The summed E-state index contributed by atoms with van der Waals surface area (Å²) in [5.74, 6) is 0. The van der Waals surface area contributed by atoms with Crippen molar-refractivity contribution in [2.24, 2.45) is 0 Å². The van der Waals surface area contributed by atoms with Crippen molar-refractivity contribution < 1.29 is 0 Å². The topological polar surface area (TPSA) is 46.9 Å². The Morgan fingerprint density at radius 1 is 1.44 bits per heavy atom. The Hall–Kier alpha value is -1.20. The van der Waals surface area contributed by atoms with Gasteiger partial charge in [-0.1, -0.05) is 15.9 Å². The molecule has 1 saturated heterocycles. The van der Waals surface area contributed by atoms with Gasteiger partial charge in [-0.05, 0) is 37.6 Å². The van der Waals surface area contributed by atoms with Crippen LogP contribution < -0.4 is 10.9 Å². The van der Waals surface area contributed by atoms with Crippen LogP contribution >= 0.6 is 15.9 Å². The van der Waals surface area contributed by atoms with Gasteiger partial charge in [0, 0.05) is 11.0 Å². The highest BCUT2D eigenvalue weighted by Gasteiger charge is 2.17. The van der Waals surface area contributed by atoms with Gasteiger partial charge in [0.2, 0.25) is 0 Å². The molecule has 1 aliphatic heterocycles. The lowest BCUT2D eigenvalue weighted by atomic mass is 10.1. The van der Waals surface area contributed by atoms with Crippen molar-refractivity contribution in [3.05, 3.63) is 39.4 Å². The maximum atomic E-state index is 12.5. The van der Waals surface area contributed by atoms with Gasteiger partial charge in [0.25, 0.3) is 5.56 Å². The summed E-state index contributed by atoms with van der Waals surface area (Å²) in [6.45, 7) is 1.89. The summed E-state index contributed by atoms with van der Waals surface area (Å²) in [5.41, 5.74) is 0.804. The van der Waals surface area contributed by atoms with Gasteiger partial charge >= 0.3 is 0 Å². The lowest BCUT2D eigenvalue weighted by Crippen LogP contribution is -2.36. The van der Waals surface area contributed by atoms with Crippen molar-refractivity contribution in [1.82, 2.24) is 14.9 Å². The molecule has 0 amide bonds. The quantitative estimate of drug-likeness (QED) is 0.877. The van der Waals surface area contributed by atoms with Crippen LogP contribution in [-0.4, -0.2) is 22.6 Å². The summed E-state index contributed by atoms with van der Waals surface area (Å²) in [5, 5.41) is 4.00. The monoisotopic (exact) mass is 307 g/mol. The van der Waals surface area contributed by atoms with Gasteiger partial charge in [0.1, 0.15) is 0 Å². The minimum absolute atomic E-state index is 0.0509. The number of nitrogens with one attached hydrogen (secondary N) is 1. The summed E-state index contributed by atoms with van der Waals surface area (Å²) in [7, 11) is 0. The van der Waals surface area contributed by atoms with E-state index in [9.17, 15) is 4.79 Å². The lowest BCUT2D eigenvalue weighted by Gasteiger charge is -2.24. The maximum Gasteiger partial charge on any atom is 0.261 e. The molecule has 1 atom stereocenters. The third-order valence-electron chi connectivity index (χ3n) is 3.41. The molecule has 1 unspecified atom stereocenters. The molecule has 0 bridgehead atoms. The predicted octanol–water partition coefficient (Wildman–Crippen LogP) is 2.08. The number of nitrogens with zero attached hydrogens (tertiary/aromatic N) is 2. The van der Waals surface area contributed by atoms with Crippen molar-refractivity contribution in [2.45, 2.75) is 18.9 Å². The summed E-state index contributed by atoms with van der Waals surface area (Å²) in [6, 6.07) is 5.84. The molecular formula is C13H14BrN3O. The van der Waals surface area contributed by atoms with E-state index in [0.29, 0.717) is 5.39 Å². The molecule has 0 spiro atoms. The predicted molar refractivity (Wildman–Crippen MR) is 74.8 cm³/mol. The van der Waals surface area contributed by atoms with Crippen LogP contribution in [0.3, 0.4) is 0 Å². The Kier molecular flexibility index (Phi) is 3.18. The first-order valence-corrected chi connectivity index (χ1v) is 6.92. The van der Waals surface area contributed by atoms with Crippen LogP contribution in [0.2, 0.25) is 0 Å². The van der Waals surface area contributed by atoms with Crippen LogP contribution in [0.25, 0.3) is 10.9 Å². The van der Waals surface area contributed by atoms with Crippen LogP contribution in [0.15, 0.2) is 33.8 Å². The van der Waals surface area contributed by atoms with Gasteiger partial charge in [0.15, 0.2) is 0 Å². The number of hydrogen-bond acceptors (Lipinski definition) is 3. The second-order valence-corrected chi connectivity index (χ2v) is 5.53. The van der Waals surface area contributed by atoms with E-state index >= 15 is 0 Å². The fourth-order valence-corrected chi connectivity index (χ4v) is 2.80. The Balaban J connectivity index is 2.13. The molecule has 2 aromatic rings. The van der Waals surface area contributed by atoms with Gasteiger partial charge in [0.05, 0.1) is 23.3 Å². The molecule has 2 heterocycles. The molecule has 0 aliphatic carbocycles. The second kappa shape index (κ2) is 4.82. The average Bonchev–Trinajstić information content (AvgIpc) is 2.41. The lowest BCUT2D eigenvalue weighted by molar-refractivity contribution is 0.363. The molecule has 1 aliphatic rings. The smallest absolute Gasteiger partial charge is 0.261 e. The number of hydrogen-bond donors (Lipinski definition) is 1. The molecule has 18 heavy (non-hydrogen) atoms. The molecule has 1 fully saturated rings. The Morgan fingerprint density at radius 2 is 2.33 bits per heavy atom. The van der Waals surface area contributed by atoms with Crippen LogP contribution in [0, 0.1) is 0 Å². The van der Waals surface area contributed by atoms with Gasteiger partial charge in [-0.25, -0.2) is 4.98 Å². The third kappa shape index (κ3) is 2.08. The molecule has 1 aromatic carbocycles. The van der Waals surface area contributed by atoms with E-state index in [1.165, 1.54) is 0 Å². The van der Waals surface area contributed by atoms with Crippen molar-refractivity contribution in [3.63, 3.8) is 0 Å². The van der Waals surface area contributed by atoms with Gasteiger partial charge in [-0.2, -0.15) is 0 Å². The van der Waals surface area contributed by atoms with Crippen molar-refractivity contribution >= 4 is 26.8 Å². The van der Waals surface area contributed by atoms with Crippen molar-refractivity contribution in [2.75, 3.05) is 13.1 Å². The number of rotatable bonds is 1. The van der Waals surface area contributed by atoms with Gasteiger partial charge < -0.3 is 5.32 Å². The van der Waals surface area contributed by atoms with E-state index in [0.717, 1.165) is 35.9 Å². The molecule has 1 N–H and O–H groups in total. The SMILES string of the molecule is O=c1c2cc(Br)ccc2ncn1C1CCCNC1. The van der Waals surface area contributed by atoms with E-state index < -0.39 is 0 Å². The molecule has 3 rings (SSSR count). The van der Waals surface area contributed by atoms with Crippen LogP contribution in [-0.2, 0) is 0 Å². The van der Waals surface area contributed by atoms with Crippen molar-refractivity contribution in [3.8, 4) is 0 Å². The normalized spacial score (nSPS) is 20.2.